The van der Waals surface area contributed by atoms with Crippen molar-refractivity contribution in [3.63, 3.8) is 0 Å². The van der Waals surface area contributed by atoms with Crippen LogP contribution in [0.15, 0.2) is 17.3 Å². The molecule has 1 aromatic heterocycles. The Labute approximate surface area is 101 Å². The highest BCUT2D eigenvalue weighted by Gasteiger charge is 2.06. The van der Waals surface area contributed by atoms with E-state index in [2.05, 4.69) is 11.9 Å². The van der Waals surface area contributed by atoms with Crippen molar-refractivity contribution in [2.24, 2.45) is 5.73 Å². The molecule has 0 radical (unpaired) electrons. The largest absolute Gasteiger partial charge is 0.326 e. The molecule has 0 amide bonds. The Kier molecular flexibility index (Phi) is 6.06. The van der Waals surface area contributed by atoms with Gasteiger partial charge in [-0.3, -0.25) is 0 Å². The Morgan fingerprint density at radius 3 is 2.93 bits per heavy atom. The smallest absolute Gasteiger partial charge is 0.115 e. The average molecular weight is 245 g/mol. The van der Waals surface area contributed by atoms with E-state index in [4.69, 9.17) is 17.3 Å². The van der Waals surface area contributed by atoms with Crippen molar-refractivity contribution in [3.05, 3.63) is 22.8 Å². The number of hydrogen-bond donors (Lipinski definition) is 1. The van der Waals surface area contributed by atoms with Gasteiger partial charge in [0.1, 0.15) is 5.03 Å². The minimum absolute atomic E-state index is 0.476. The fourth-order valence-corrected chi connectivity index (χ4v) is 2.53. The van der Waals surface area contributed by atoms with Crippen LogP contribution in [-0.4, -0.2) is 10.7 Å². The van der Waals surface area contributed by atoms with Crippen LogP contribution in [0.3, 0.4) is 0 Å². The maximum absolute atomic E-state index is 6.16. The first kappa shape index (κ1) is 12.8. The predicted molar refractivity (Wildman–Crippen MR) is 67.4 cm³/mol. The summed E-state index contributed by atoms with van der Waals surface area (Å²) in [7, 11) is 0. The number of aromatic nitrogens is 1. The molecule has 0 aromatic carbocycles. The lowest BCUT2D eigenvalue weighted by molar-refractivity contribution is 0.778. The minimum atomic E-state index is 0.476. The highest BCUT2D eigenvalue weighted by molar-refractivity contribution is 7.99. The summed E-state index contributed by atoms with van der Waals surface area (Å²) in [4.78, 5) is 4.26. The molecule has 0 fully saturated rings. The van der Waals surface area contributed by atoms with Gasteiger partial charge < -0.3 is 5.73 Å². The Balaban J connectivity index is 2.53. The molecule has 4 heteroatoms. The molecule has 0 atom stereocenters. The maximum Gasteiger partial charge on any atom is 0.115 e. The van der Waals surface area contributed by atoms with Crippen LogP contribution in [0.5, 0.6) is 0 Å². The number of nitrogens with zero attached hydrogens (tertiary/aromatic N) is 1. The van der Waals surface area contributed by atoms with E-state index in [1.807, 2.05) is 6.07 Å². The molecule has 1 rings (SSSR count). The fourth-order valence-electron chi connectivity index (χ4n) is 1.24. The normalized spacial score (nSPS) is 10.6. The summed E-state index contributed by atoms with van der Waals surface area (Å²) in [6.45, 7) is 2.68. The first-order chi connectivity index (χ1) is 7.29. The number of pyridine rings is 1. The molecule has 0 bridgehead atoms. The zero-order chi connectivity index (χ0) is 11.1. The van der Waals surface area contributed by atoms with Gasteiger partial charge >= 0.3 is 0 Å². The molecule has 0 saturated heterocycles. The van der Waals surface area contributed by atoms with E-state index in [0.717, 1.165) is 21.4 Å². The van der Waals surface area contributed by atoms with Gasteiger partial charge in [-0.15, -0.1) is 11.8 Å². The molecule has 84 valence electrons. The summed E-state index contributed by atoms with van der Waals surface area (Å²) in [6, 6.07) is 1.87. The Morgan fingerprint density at radius 2 is 2.27 bits per heavy atom. The molecule has 0 aliphatic heterocycles. The fraction of sp³-hybridized carbons (Fsp3) is 0.545. The highest BCUT2D eigenvalue weighted by atomic mass is 35.5. The molecule has 2 N–H and O–H groups in total. The van der Waals surface area contributed by atoms with Crippen molar-refractivity contribution in [2.75, 3.05) is 5.75 Å². The molecule has 0 unspecified atom stereocenters. The van der Waals surface area contributed by atoms with Gasteiger partial charge in [-0.05, 0) is 23.8 Å². The van der Waals surface area contributed by atoms with Crippen LogP contribution < -0.4 is 5.73 Å². The first-order valence-corrected chi connectivity index (χ1v) is 6.62. The van der Waals surface area contributed by atoms with Crippen LogP contribution in [0.25, 0.3) is 0 Å². The zero-order valence-corrected chi connectivity index (χ0v) is 10.6. The third-order valence-corrected chi connectivity index (χ3v) is 3.75. The third kappa shape index (κ3) is 4.01. The Hall–Kier alpha value is -0.250. The van der Waals surface area contributed by atoms with E-state index < -0.39 is 0 Å². The lowest BCUT2D eigenvalue weighted by atomic mass is 10.3. The van der Waals surface area contributed by atoms with Gasteiger partial charge in [-0.1, -0.05) is 31.4 Å². The first-order valence-electron chi connectivity index (χ1n) is 5.25. The standard InChI is InChI=1S/C11H17ClN2S/c1-2-3-4-7-15-11-10(12)9(8-13)5-6-14-11/h5-6H,2-4,7-8,13H2,1H3. The van der Waals surface area contributed by atoms with Gasteiger partial charge in [-0.2, -0.15) is 0 Å². The van der Waals surface area contributed by atoms with Crippen LogP contribution in [0.4, 0.5) is 0 Å². The summed E-state index contributed by atoms with van der Waals surface area (Å²) >= 11 is 7.88. The topological polar surface area (TPSA) is 38.9 Å². The second-order valence-electron chi connectivity index (χ2n) is 3.35. The molecule has 15 heavy (non-hydrogen) atoms. The second kappa shape index (κ2) is 7.09. The van der Waals surface area contributed by atoms with Crippen LogP contribution in [0, 0.1) is 0 Å². The summed E-state index contributed by atoms with van der Waals surface area (Å²) in [6.07, 6.45) is 5.49. The number of nitrogens with two attached hydrogens (primary N) is 1. The molecular weight excluding hydrogens is 228 g/mol. The summed E-state index contributed by atoms with van der Waals surface area (Å²) in [5, 5.41) is 1.64. The second-order valence-corrected chi connectivity index (χ2v) is 4.81. The summed E-state index contributed by atoms with van der Waals surface area (Å²) < 4.78 is 0. The third-order valence-electron chi connectivity index (χ3n) is 2.14. The molecule has 0 spiro atoms. The minimum Gasteiger partial charge on any atom is -0.326 e. The van der Waals surface area contributed by atoms with E-state index in [9.17, 15) is 0 Å². The van der Waals surface area contributed by atoms with E-state index >= 15 is 0 Å². The number of unbranched alkanes of at least 4 members (excludes halogenated alkanes) is 2. The monoisotopic (exact) mass is 244 g/mol. The maximum atomic E-state index is 6.16. The number of hydrogen-bond acceptors (Lipinski definition) is 3. The number of rotatable bonds is 6. The van der Waals surface area contributed by atoms with Crippen molar-refractivity contribution < 1.29 is 0 Å². The average Bonchev–Trinajstić information content (AvgIpc) is 2.26. The van der Waals surface area contributed by atoms with Gasteiger partial charge in [0.15, 0.2) is 0 Å². The Bertz CT molecular complexity index is 305. The van der Waals surface area contributed by atoms with Gasteiger partial charge in [0.05, 0.1) is 5.02 Å². The van der Waals surface area contributed by atoms with Gasteiger partial charge in [0.2, 0.25) is 0 Å². The molecule has 2 nitrogen and oxygen atoms in total. The number of thioether (sulfide) groups is 1. The van der Waals surface area contributed by atoms with Crippen LogP contribution in [-0.2, 0) is 6.54 Å². The molecular formula is C11H17ClN2S. The molecule has 1 heterocycles. The predicted octanol–water partition coefficient (Wildman–Crippen LogP) is 3.48. The molecule has 0 saturated carbocycles. The quantitative estimate of drug-likeness (QED) is 0.615. The van der Waals surface area contributed by atoms with Crippen molar-refractivity contribution >= 4 is 23.4 Å². The van der Waals surface area contributed by atoms with Crippen molar-refractivity contribution in [1.29, 1.82) is 0 Å². The van der Waals surface area contributed by atoms with Crippen LogP contribution in [0.2, 0.25) is 5.02 Å². The van der Waals surface area contributed by atoms with Gasteiger partial charge in [-0.25, -0.2) is 4.98 Å². The van der Waals surface area contributed by atoms with E-state index in [1.54, 1.807) is 18.0 Å². The van der Waals surface area contributed by atoms with Gasteiger partial charge in [0.25, 0.3) is 0 Å². The molecule has 0 aliphatic carbocycles. The number of halogens is 1. The van der Waals surface area contributed by atoms with Crippen molar-refractivity contribution in [2.45, 2.75) is 37.8 Å². The summed E-state index contributed by atoms with van der Waals surface area (Å²) in [5.41, 5.74) is 6.55. The van der Waals surface area contributed by atoms with Gasteiger partial charge in [0, 0.05) is 12.7 Å². The van der Waals surface area contributed by atoms with E-state index in [1.165, 1.54) is 19.3 Å². The van der Waals surface area contributed by atoms with E-state index in [-0.39, 0.29) is 0 Å². The van der Waals surface area contributed by atoms with Crippen LogP contribution >= 0.6 is 23.4 Å². The van der Waals surface area contributed by atoms with Crippen molar-refractivity contribution in [1.82, 2.24) is 4.98 Å². The lowest BCUT2D eigenvalue weighted by Gasteiger charge is -2.06. The molecule has 0 aliphatic rings. The van der Waals surface area contributed by atoms with Crippen LogP contribution in [0.1, 0.15) is 31.7 Å². The zero-order valence-electron chi connectivity index (χ0n) is 9.00. The summed E-state index contributed by atoms with van der Waals surface area (Å²) in [5.74, 6) is 1.08. The van der Waals surface area contributed by atoms with Crippen molar-refractivity contribution in [3.8, 4) is 0 Å². The highest BCUT2D eigenvalue weighted by Crippen LogP contribution is 2.28. The molecule has 1 aromatic rings. The SMILES string of the molecule is CCCCCSc1nccc(CN)c1Cl. The van der Waals surface area contributed by atoms with E-state index in [0.29, 0.717) is 6.54 Å². The lowest BCUT2D eigenvalue weighted by Crippen LogP contribution is -1.99. The Morgan fingerprint density at radius 1 is 1.47 bits per heavy atom.